The smallest absolute Gasteiger partial charge is 0.246 e. The summed E-state index contributed by atoms with van der Waals surface area (Å²) in [7, 11) is 0. The summed E-state index contributed by atoms with van der Waals surface area (Å²) in [6.45, 7) is 4.76. The number of hydrogen-bond donors (Lipinski definition) is 1. The van der Waals surface area contributed by atoms with Gasteiger partial charge in [-0.2, -0.15) is 0 Å². The number of likely N-dealkylation sites (tertiary alicyclic amines) is 1. The topological polar surface area (TPSA) is 67.2 Å². The predicted octanol–water partition coefficient (Wildman–Crippen LogP) is 2.22. The predicted molar refractivity (Wildman–Crippen MR) is 104 cm³/mol. The van der Waals surface area contributed by atoms with Crippen LogP contribution in [0.5, 0.6) is 0 Å². The summed E-state index contributed by atoms with van der Waals surface area (Å²) >= 11 is 0. The quantitative estimate of drug-likeness (QED) is 0.710. The summed E-state index contributed by atoms with van der Waals surface area (Å²) in [4.78, 5) is 29.9. The van der Waals surface area contributed by atoms with Crippen LogP contribution in [0.15, 0.2) is 67.5 Å². The second-order valence-corrected chi connectivity index (χ2v) is 6.62. The van der Waals surface area contributed by atoms with Gasteiger partial charge in [-0.05, 0) is 30.3 Å². The number of nitrogens with one attached hydrogen (secondary N) is 1. The minimum atomic E-state index is -0.100. The number of carbonyl (C=O) groups is 2. The fourth-order valence-electron chi connectivity index (χ4n) is 3.44. The highest BCUT2D eigenvalue weighted by atomic mass is 16.2. The average molecular weight is 360 g/mol. The van der Waals surface area contributed by atoms with E-state index in [-0.39, 0.29) is 24.4 Å². The molecule has 6 nitrogen and oxygen atoms in total. The van der Waals surface area contributed by atoms with Gasteiger partial charge in [-0.3, -0.25) is 14.6 Å². The molecule has 1 N–H and O–H groups in total. The number of hydrogen-bond acceptors (Lipinski definition) is 3. The Hall–Kier alpha value is -3.41. The van der Waals surface area contributed by atoms with E-state index < -0.39 is 0 Å². The molecule has 1 fully saturated rings. The first-order chi connectivity index (χ1) is 13.2. The molecule has 1 saturated heterocycles. The largest absolute Gasteiger partial charge is 0.348 e. The number of carbonyl (C=O) groups excluding carboxylic acids is 2. The summed E-state index contributed by atoms with van der Waals surface area (Å²) in [5, 5.41) is 4.09. The molecule has 0 aliphatic carbocycles. The van der Waals surface area contributed by atoms with Crippen LogP contribution in [0.1, 0.15) is 0 Å². The minimum absolute atomic E-state index is 0.00685. The maximum absolute atomic E-state index is 12.6. The molecule has 1 aliphatic rings. The molecular weight excluding hydrogens is 340 g/mol. The van der Waals surface area contributed by atoms with Gasteiger partial charge in [-0.1, -0.05) is 24.8 Å². The normalized spacial score (nSPS) is 14.0. The molecule has 27 heavy (non-hydrogen) atoms. The van der Waals surface area contributed by atoms with Gasteiger partial charge >= 0.3 is 0 Å². The summed E-state index contributed by atoms with van der Waals surface area (Å²) in [5.41, 5.74) is 3.00. The SMILES string of the molecule is C=CC(=O)N1CC(NC(=O)Cn2c(-c3ccncc3)cc3ccccc32)C1. The highest BCUT2D eigenvalue weighted by Gasteiger charge is 2.30. The van der Waals surface area contributed by atoms with Crippen molar-refractivity contribution >= 4 is 22.7 Å². The Morgan fingerprint density at radius 3 is 2.67 bits per heavy atom. The van der Waals surface area contributed by atoms with Gasteiger partial charge in [0.25, 0.3) is 0 Å². The van der Waals surface area contributed by atoms with E-state index in [4.69, 9.17) is 0 Å². The highest BCUT2D eigenvalue weighted by Crippen LogP contribution is 2.27. The molecule has 0 radical (unpaired) electrons. The van der Waals surface area contributed by atoms with Crippen LogP contribution in [0.25, 0.3) is 22.2 Å². The monoisotopic (exact) mass is 360 g/mol. The molecule has 4 rings (SSSR count). The molecule has 6 heteroatoms. The lowest BCUT2D eigenvalue weighted by Crippen LogP contribution is -2.61. The van der Waals surface area contributed by atoms with Crippen molar-refractivity contribution in [2.75, 3.05) is 13.1 Å². The van der Waals surface area contributed by atoms with E-state index in [1.165, 1.54) is 6.08 Å². The van der Waals surface area contributed by atoms with Gasteiger partial charge < -0.3 is 14.8 Å². The minimum Gasteiger partial charge on any atom is -0.348 e. The molecule has 0 spiro atoms. The lowest BCUT2D eigenvalue weighted by Gasteiger charge is -2.38. The van der Waals surface area contributed by atoms with Crippen LogP contribution in [-0.2, 0) is 16.1 Å². The molecule has 1 aromatic carbocycles. The van der Waals surface area contributed by atoms with E-state index >= 15 is 0 Å². The molecule has 136 valence electrons. The molecule has 2 amide bonds. The van der Waals surface area contributed by atoms with Crippen molar-refractivity contribution in [3.05, 3.63) is 67.5 Å². The first kappa shape index (κ1) is 17.0. The van der Waals surface area contributed by atoms with Crippen molar-refractivity contribution in [1.82, 2.24) is 19.8 Å². The molecular formula is C21H20N4O2. The number of nitrogens with zero attached hydrogens (tertiary/aromatic N) is 3. The molecule has 0 atom stereocenters. The van der Waals surface area contributed by atoms with Gasteiger partial charge in [0.05, 0.1) is 6.04 Å². The number of benzene rings is 1. The van der Waals surface area contributed by atoms with Crippen molar-refractivity contribution in [3.63, 3.8) is 0 Å². The van der Waals surface area contributed by atoms with E-state index in [1.807, 2.05) is 41.0 Å². The van der Waals surface area contributed by atoms with Crippen LogP contribution in [0.2, 0.25) is 0 Å². The Balaban J connectivity index is 1.54. The molecule has 2 aromatic heterocycles. The van der Waals surface area contributed by atoms with Gasteiger partial charge in [0.2, 0.25) is 11.8 Å². The Kier molecular flexibility index (Phi) is 4.46. The number of fused-ring (bicyclic) bond motifs is 1. The van der Waals surface area contributed by atoms with E-state index in [1.54, 1.807) is 17.3 Å². The first-order valence-corrected chi connectivity index (χ1v) is 8.85. The van der Waals surface area contributed by atoms with Crippen molar-refractivity contribution in [3.8, 4) is 11.3 Å². The summed E-state index contributed by atoms with van der Waals surface area (Å²) in [6, 6.07) is 14.0. The second kappa shape index (κ2) is 7.07. The number of amides is 2. The van der Waals surface area contributed by atoms with E-state index in [0.717, 1.165) is 22.2 Å². The standard InChI is InChI=1S/C21H20N4O2/c1-2-21(27)24-12-17(13-24)23-20(26)14-25-18-6-4-3-5-16(18)11-19(25)15-7-9-22-10-8-15/h2-11,17H,1,12-14H2,(H,23,26). The zero-order chi connectivity index (χ0) is 18.8. The number of pyridine rings is 1. The maximum Gasteiger partial charge on any atom is 0.246 e. The summed E-state index contributed by atoms with van der Waals surface area (Å²) in [6.07, 6.45) is 4.79. The molecule has 0 unspecified atom stereocenters. The third-order valence-corrected chi connectivity index (χ3v) is 4.82. The average Bonchev–Trinajstić information content (AvgIpc) is 3.03. The third-order valence-electron chi connectivity index (χ3n) is 4.82. The zero-order valence-corrected chi connectivity index (χ0v) is 14.8. The molecule has 1 aliphatic heterocycles. The van der Waals surface area contributed by atoms with E-state index in [0.29, 0.717) is 13.1 Å². The van der Waals surface area contributed by atoms with Crippen LogP contribution in [0, 0.1) is 0 Å². The lowest BCUT2D eigenvalue weighted by molar-refractivity contribution is -0.133. The Labute approximate surface area is 157 Å². The van der Waals surface area contributed by atoms with Crippen LogP contribution in [0.4, 0.5) is 0 Å². The zero-order valence-electron chi connectivity index (χ0n) is 14.8. The molecule has 0 bridgehead atoms. The second-order valence-electron chi connectivity index (χ2n) is 6.62. The van der Waals surface area contributed by atoms with Crippen LogP contribution in [-0.4, -0.2) is 45.4 Å². The Bertz CT molecular complexity index is 1000. The highest BCUT2D eigenvalue weighted by molar-refractivity contribution is 5.90. The fraction of sp³-hybridized carbons (Fsp3) is 0.190. The van der Waals surface area contributed by atoms with Crippen LogP contribution in [0.3, 0.4) is 0 Å². The summed E-state index contributed by atoms with van der Waals surface area (Å²) in [5.74, 6) is -0.167. The molecule has 3 heterocycles. The van der Waals surface area contributed by atoms with Gasteiger partial charge in [0, 0.05) is 47.6 Å². The summed E-state index contributed by atoms with van der Waals surface area (Å²) < 4.78 is 2.02. The fourth-order valence-corrected chi connectivity index (χ4v) is 3.44. The first-order valence-electron chi connectivity index (χ1n) is 8.85. The van der Waals surface area contributed by atoms with Crippen molar-refractivity contribution in [2.24, 2.45) is 0 Å². The van der Waals surface area contributed by atoms with Crippen LogP contribution >= 0.6 is 0 Å². The van der Waals surface area contributed by atoms with E-state index in [9.17, 15) is 9.59 Å². The number of para-hydroxylation sites is 1. The van der Waals surface area contributed by atoms with Crippen LogP contribution < -0.4 is 5.32 Å². The third kappa shape index (κ3) is 3.33. The van der Waals surface area contributed by atoms with Gasteiger partial charge in [0.1, 0.15) is 6.54 Å². The number of aromatic nitrogens is 2. The van der Waals surface area contributed by atoms with Gasteiger partial charge in [0.15, 0.2) is 0 Å². The van der Waals surface area contributed by atoms with Gasteiger partial charge in [-0.25, -0.2) is 0 Å². The maximum atomic E-state index is 12.6. The Morgan fingerprint density at radius 1 is 1.19 bits per heavy atom. The van der Waals surface area contributed by atoms with Crippen molar-refractivity contribution in [2.45, 2.75) is 12.6 Å². The number of rotatable bonds is 5. The van der Waals surface area contributed by atoms with Crippen molar-refractivity contribution in [1.29, 1.82) is 0 Å². The molecule has 0 saturated carbocycles. The lowest BCUT2D eigenvalue weighted by atomic mass is 10.1. The van der Waals surface area contributed by atoms with E-state index in [2.05, 4.69) is 22.9 Å². The van der Waals surface area contributed by atoms with Crippen molar-refractivity contribution < 1.29 is 9.59 Å². The Morgan fingerprint density at radius 2 is 1.93 bits per heavy atom. The van der Waals surface area contributed by atoms with Gasteiger partial charge in [-0.15, -0.1) is 0 Å². The molecule has 3 aromatic rings.